The largest absolute Gasteiger partial charge is 0.329 e. The molecule has 0 saturated carbocycles. The molecule has 2 nitrogen and oxygen atoms in total. The van der Waals surface area contributed by atoms with Crippen LogP contribution in [0.25, 0.3) is 0 Å². The molecule has 0 unspecified atom stereocenters. The zero-order valence-corrected chi connectivity index (χ0v) is 9.51. The lowest BCUT2D eigenvalue weighted by molar-refractivity contribution is 0.275. The van der Waals surface area contributed by atoms with E-state index in [-0.39, 0.29) is 0 Å². The monoisotopic (exact) mass is 184 g/mol. The number of hydrogen-bond donors (Lipinski definition) is 1. The van der Waals surface area contributed by atoms with E-state index in [0.717, 1.165) is 32.1 Å². The van der Waals surface area contributed by atoms with Gasteiger partial charge in [0.2, 0.25) is 0 Å². The Labute approximate surface area is 82.8 Å². The second-order valence-corrected chi connectivity index (χ2v) is 4.22. The lowest BCUT2D eigenvalue weighted by atomic mass is 10.2. The van der Waals surface area contributed by atoms with Crippen LogP contribution in [0, 0.1) is 5.92 Å². The van der Waals surface area contributed by atoms with Crippen LogP contribution in [0.1, 0.15) is 27.7 Å². The average molecular weight is 184 g/mol. The standard InChI is InChI=1S/C11H24N2/c1-10(2)5-7-13(8-6-12)9-11(3)4/h5,11H,6-9,12H2,1-4H3. The van der Waals surface area contributed by atoms with Crippen molar-refractivity contribution >= 4 is 0 Å². The van der Waals surface area contributed by atoms with Gasteiger partial charge in [-0.1, -0.05) is 25.5 Å². The van der Waals surface area contributed by atoms with Gasteiger partial charge in [-0.05, 0) is 19.8 Å². The lowest BCUT2D eigenvalue weighted by Crippen LogP contribution is -2.32. The molecule has 0 fully saturated rings. The molecule has 2 heteroatoms. The lowest BCUT2D eigenvalue weighted by Gasteiger charge is -2.22. The van der Waals surface area contributed by atoms with Crippen molar-refractivity contribution in [3.05, 3.63) is 11.6 Å². The molecule has 0 spiro atoms. The maximum absolute atomic E-state index is 5.55. The summed E-state index contributed by atoms with van der Waals surface area (Å²) in [5, 5.41) is 0. The van der Waals surface area contributed by atoms with Crippen LogP contribution >= 0.6 is 0 Å². The van der Waals surface area contributed by atoms with E-state index in [1.807, 2.05) is 0 Å². The van der Waals surface area contributed by atoms with Gasteiger partial charge in [0.15, 0.2) is 0 Å². The van der Waals surface area contributed by atoms with Crippen LogP contribution in [0.3, 0.4) is 0 Å². The first kappa shape index (κ1) is 12.7. The summed E-state index contributed by atoms with van der Waals surface area (Å²) < 4.78 is 0. The Balaban J connectivity index is 3.86. The molecular formula is C11H24N2. The fourth-order valence-electron chi connectivity index (χ4n) is 1.27. The molecule has 0 aromatic rings. The highest BCUT2D eigenvalue weighted by Gasteiger charge is 2.03. The van der Waals surface area contributed by atoms with Gasteiger partial charge in [0.25, 0.3) is 0 Å². The van der Waals surface area contributed by atoms with Crippen molar-refractivity contribution in [2.24, 2.45) is 11.7 Å². The van der Waals surface area contributed by atoms with E-state index in [1.54, 1.807) is 0 Å². The van der Waals surface area contributed by atoms with Crippen molar-refractivity contribution in [1.82, 2.24) is 4.90 Å². The zero-order valence-electron chi connectivity index (χ0n) is 9.51. The van der Waals surface area contributed by atoms with E-state index in [0.29, 0.717) is 0 Å². The van der Waals surface area contributed by atoms with Crippen molar-refractivity contribution in [1.29, 1.82) is 0 Å². The molecule has 0 atom stereocenters. The molecule has 0 aromatic heterocycles. The number of hydrogen-bond acceptors (Lipinski definition) is 2. The minimum absolute atomic E-state index is 0.720. The van der Waals surface area contributed by atoms with Crippen molar-refractivity contribution in [3.8, 4) is 0 Å². The Morgan fingerprint density at radius 3 is 2.38 bits per heavy atom. The van der Waals surface area contributed by atoms with Crippen LogP contribution in [0.15, 0.2) is 11.6 Å². The molecule has 78 valence electrons. The molecule has 0 rings (SSSR count). The number of nitrogens with two attached hydrogens (primary N) is 1. The highest BCUT2D eigenvalue weighted by atomic mass is 15.1. The second-order valence-electron chi connectivity index (χ2n) is 4.22. The summed E-state index contributed by atoms with van der Waals surface area (Å²) in [5.41, 5.74) is 6.93. The van der Waals surface area contributed by atoms with Gasteiger partial charge in [0, 0.05) is 26.2 Å². The Bertz CT molecular complexity index is 146. The summed E-state index contributed by atoms with van der Waals surface area (Å²) in [6.07, 6.45) is 2.26. The third-order valence-electron chi connectivity index (χ3n) is 1.83. The SMILES string of the molecule is CC(C)=CCN(CCN)CC(C)C. The first-order chi connectivity index (χ1) is 6.06. The van der Waals surface area contributed by atoms with Crippen LogP contribution in [0.2, 0.25) is 0 Å². The Morgan fingerprint density at radius 1 is 1.38 bits per heavy atom. The Morgan fingerprint density at radius 2 is 2.00 bits per heavy atom. The first-order valence-electron chi connectivity index (χ1n) is 5.12. The highest BCUT2D eigenvalue weighted by Crippen LogP contribution is 1.99. The van der Waals surface area contributed by atoms with Gasteiger partial charge in [-0.3, -0.25) is 4.90 Å². The van der Waals surface area contributed by atoms with Gasteiger partial charge in [-0.15, -0.1) is 0 Å². The molecule has 0 bridgehead atoms. The second kappa shape index (κ2) is 7.10. The average Bonchev–Trinajstić information content (AvgIpc) is 1.99. The van der Waals surface area contributed by atoms with E-state index in [2.05, 4.69) is 38.7 Å². The maximum atomic E-state index is 5.55. The topological polar surface area (TPSA) is 29.3 Å². The van der Waals surface area contributed by atoms with E-state index in [4.69, 9.17) is 5.73 Å². The summed E-state index contributed by atoms with van der Waals surface area (Å²) >= 11 is 0. The quantitative estimate of drug-likeness (QED) is 0.639. The number of rotatable bonds is 6. The summed E-state index contributed by atoms with van der Waals surface area (Å²) in [5.74, 6) is 0.720. The van der Waals surface area contributed by atoms with Crippen molar-refractivity contribution in [2.75, 3.05) is 26.2 Å². The third-order valence-corrected chi connectivity index (χ3v) is 1.83. The fraction of sp³-hybridized carbons (Fsp3) is 0.818. The number of allylic oxidation sites excluding steroid dienone is 1. The van der Waals surface area contributed by atoms with Crippen molar-refractivity contribution in [2.45, 2.75) is 27.7 Å². The molecule has 0 aromatic carbocycles. The molecule has 0 aliphatic rings. The number of nitrogens with zero attached hydrogens (tertiary/aromatic N) is 1. The fourth-order valence-corrected chi connectivity index (χ4v) is 1.27. The van der Waals surface area contributed by atoms with Crippen LogP contribution < -0.4 is 5.73 Å². The molecule has 13 heavy (non-hydrogen) atoms. The van der Waals surface area contributed by atoms with Crippen molar-refractivity contribution < 1.29 is 0 Å². The molecule has 0 aliphatic carbocycles. The molecule has 0 radical (unpaired) electrons. The zero-order chi connectivity index (χ0) is 10.3. The van der Waals surface area contributed by atoms with Gasteiger partial charge in [-0.2, -0.15) is 0 Å². The van der Waals surface area contributed by atoms with Gasteiger partial charge in [0.05, 0.1) is 0 Å². The van der Waals surface area contributed by atoms with E-state index >= 15 is 0 Å². The van der Waals surface area contributed by atoms with Crippen molar-refractivity contribution in [3.63, 3.8) is 0 Å². The van der Waals surface area contributed by atoms with Crippen LogP contribution in [0.4, 0.5) is 0 Å². The molecule has 0 amide bonds. The van der Waals surface area contributed by atoms with Gasteiger partial charge in [0.1, 0.15) is 0 Å². The van der Waals surface area contributed by atoms with E-state index < -0.39 is 0 Å². The molecule has 0 saturated heterocycles. The van der Waals surface area contributed by atoms with Gasteiger partial charge < -0.3 is 5.73 Å². The molecule has 0 aliphatic heterocycles. The van der Waals surface area contributed by atoms with Crippen LogP contribution in [-0.4, -0.2) is 31.1 Å². The Kier molecular flexibility index (Phi) is 6.92. The van der Waals surface area contributed by atoms with E-state index in [1.165, 1.54) is 5.57 Å². The highest BCUT2D eigenvalue weighted by molar-refractivity contribution is 4.95. The minimum Gasteiger partial charge on any atom is -0.329 e. The predicted octanol–water partition coefficient (Wildman–Crippen LogP) is 1.87. The minimum atomic E-state index is 0.720. The predicted molar refractivity (Wildman–Crippen MR) is 59.8 cm³/mol. The smallest absolute Gasteiger partial charge is 0.0166 e. The summed E-state index contributed by atoms with van der Waals surface area (Å²) in [6.45, 7) is 12.7. The Hall–Kier alpha value is -0.340. The summed E-state index contributed by atoms with van der Waals surface area (Å²) in [7, 11) is 0. The summed E-state index contributed by atoms with van der Waals surface area (Å²) in [4.78, 5) is 2.40. The maximum Gasteiger partial charge on any atom is 0.0166 e. The van der Waals surface area contributed by atoms with Crippen LogP contribution in [-0.2, 0) is 0 Å². The normalized spacial score (nSPS) is 11.0. The third kappa shape index (κ3) is 8.00. The summed E-state index contributed by atoms with van der Waals surface area (Å²) in [6, 6.07) is 0. The molecule has 0 heterocycles. The first-order valence-corrected chi connectivity index (χ1v) is 5.12. The molecule has 2 N–H and O–H groups in total. The van der Waals surface area contributed by atoms with E-state index in [9.17, 15) is 0 Å². The van der Waals surface area contributed by atoms with Gasteiger partial charge in [-0.25, -0.2) is 0 Å². The molecular weight excluding hydrogens is 160 g/mol. The van der Waals surface area contributed by atoms with Gasteiger partial charge >= 0.3 is 0 Å². The van der Waals surface area contributed by atoms with Crippen LogP contribution in [0.5, 0.6) is 0 Å².